The van der Waals surface area contributed by atoms with Crippen molar-refractivity contribution in [1.82, 2.24) is 10.2 Å². The number of hydrogen-bond acceptors (Lipinski definition) is 3. The maximum Gasteiger partial charge on any atom is 0.261 e. The number of ether oxygens (including phenoxy) is 1. The van der Waals surface area contributed by atoms with Gasteiger partial charge in [0.1, 0.15) is 17.6 Å². The summed E-state index contributed by atoms with van der Waals surface area (Å²) in [6.45, 7) is 5.51. The summed E-state index contributed by atoms with van der Waals surface area (Å²) in [5.74, 6) is -0.426. The number of nitrogens with zero attached hydrogens (tertiary/aromatic N) is 1. The quantitative estimate of drug-likeness (QED) is 0.701. The van der Waals surface area contributed by atoms with Gasteiger partial charge in [-0.2, -0.15) is 0 Å². The molecule has 0 bridgehead atoms. The zero-order chi connectivity index (χ0) is 21.6. The number of carbonyl (C=O) groups excluding carboxylic acids is 2. The molecule has 0 aliphatic heterocycles. The van der Waals surface area contributed by atoms with E-state index < -0.39 is 6.04 Å². The summed E-state index contributed by atoms with van der Waals surface area (Å²) in [7, 11) is 1.53. The first kappa shape index (κ1) is 22.7. The highest BCUT2D eigenvalue weighted by Gasteiger charge is 2.28. The zero-order valence-electron chi connectivity index (χ0n) is 17.1. The molecule has 0 spiro atoms. The third-order valence-corrected chi connectivity index (χ3v) is 5.27. The molecule has 5 nitrogen and oxygen atoms in total. The lowest BCUT2D eigenvalue weighted by Gasteiger charge is -2.30. The number of halogens is 2. The summed E-state index contributed by atoms with van der Waals surface area (Å²) in [4.78, 5) is 26.7. The molecule has 1 atom stereocenters. The number of amides is 2. The molecule has 0 fully saturated rings. The van der Waals surface area contributed by atoms with Crippen LogP contribution in [-0.2, 0) is 16.1 Å². The highest BCUT2D eigenvalue weighted by Crippen LogP contribution is 2.26. The Morgan fingerprint density at radius 1 is 1.17 bits per heavy atom. The minimum Gasteiger partial charge on any atom is -0.484 e. The fraction of sp³-hybridized carbons (Fsp3) is 0.364. The summed E-state index contributed by atoms with van der Waals surface area (Å²) >= 11 is 6.17. The number of nitrogens with one attached hydrogen (secondary N) is 1. The van der Waals surface area contributed by atoms with Crippen molar-refractivity contribution in [2.24, 2.45) is 0 Å². The Balaban J connectivity index is 2.21. The number of likely N-dealkylation sites (N-methyl/N-ethyl adjacent to an activating group) is 1. The molecule has 0 aliphatic carbocycles. The van der Waals surface area contributed by atoms with Crippen LogP contribution in [0.25, 0.3) is 0 Å². The molecule has 29 heavy (non-hydrogen) atoms. The molecule has 1 N–H and O–H groups in total. The number of benzene rings is 2. The van der Waals surface area contributed by atoms with Crippen LogP contribution in [0.1, 0.15) is 30.0 Å². The molecule has 2 aromatic carbocycles. The number of rotatable bonds is 8. The van der Waals surface area contributed by atoms with Crippen LogP contribution in [0.2, 0.25) is 5.02 Å². The van der Waals surface area contributed by atoms with Crippen LogP contribution in [0, 0.1) is 19.7 Å². The Morgan fingerprint density at radius 2 is 1.76 bits per heavy atom. The maximum absolute atomic E-state index is 13.2. The van der Waals surface area contributed by atoms with Crippen molar-refractivity contribution in [2.45, 2.75) is 39.8 Å². The van der Waals surface area contributed by atoms with E-state index in [2.05, 4.69) is 5.32 Å². The SMILES string of the molecule is CCC(C(=O)NC)N(Cc1ccc(F)cc1)C(=O)COc1cc(C)c(Cl)c(C)c1. The maximum atomic E-state index is 13.2. The van der Waals surface area contributed by atoms with Crippen molar-refractivity contribution >= 4 is 23.4 Å². The van der Waals surface area contributed by atoms with Crippen molar-refractivity contribution in [2.75, 3.05) is 13.7 Å². The van der Waals surface area contributed by atoms with E-state index in [1.807, 2.05) is 20.8 Å². The third kappa shape index (κ3) is 5.94. The van der Waals surface area contributed by atoms with E-state index in [-0.39, 0.29) is 30.8 Å². The molecule has 0 saturated heterocycles. The Bertz CT molecular complexity index is 848. The van der Waals surface area contributed by atoms with Gasteiger partial charge in [-0.1, -0.05) is 30.7 Å². The van der Waals surface area contributed by atoms with Crippen molar-refractivity contribution < 1.29 is 18.7 Å². The van der Waals surface area contributed by atoms with Gasteiger partial charge in [0.15, 0.2) is 6.61 Å². The molecule has 0 aromatic heterocycles. The number of aryl methyl sites for hydroxylation is 2. The summed E-state index contributed by atoms with van der Waals surface area (Å²) in [5, 5.41) is 3.25. The van der Waals surface area contributed by atoms with Crippen LogP contribution in [0.5, 0.6) is 5.75 Å². The molecular weight excluding hydrogens is 395 g/mol. The second kappa shape index (κ2) is 10.3. The molecule has 2 rings (SSSR count). The van der Waals surface area contributed by atoms with E-state index in [9.17, 15) is 14.0 Å². The van der Waals surface area contributed by atoms with Crippen LogP contribution >= 0.6 is 11.6 Å². The Hall–Kier alpha value is -2.60. The van der Waals surface area contributed by atoms with Crippen molar-refractivity contribution in [1.29, 1.82) is 0 Å². The molecule has 2 aromatic rings. The average Bonchev–Trinajstić information content (AvgIpc) is 2.71. The Kier molecular flexibility index (Phi) is 8.02. The van der Waals surface area contributed by atoms with E-state index in [1.165, 1.54) is 24.1 Å². The first-order valence-electron chi connectivity index (χ1n) is 9.41. The molecule has 0 saturated carbocycles. The normalized spacial score (nSPS) is 11.7. The molecule has 1 unspecified atom stereocenters. The molecule has 0 aliphatic rings. The van der Waals surface area contributed by atoms with E-state index in [0.29, 0.717) is 17.2 Å². The molecule has 156 valence electrons. The van der Waals surface area contributed by atoms with Gasteiger partial charge in [-0.3, -0.25) is 9.59 Å². The smallest absolute Gasteiger partial charge is 0.261 e. The van der Waals surface area contributed by atoms with E-state index in [1.54, 1.807) is 24.3 Å². The minimum absolute atomic E-state index is 0.174. The molecule has 0 heterocycles. The third-order valence-electron chi connectivity index (χ3n) is 4.67. The fourth-order valence-electron chi connectivity index (χ4n) is 3.09. The molecule has 2 amide bonds. The van der Waals surface area contributed by atoms with Gasteiger partial charge in [0.25, 0.3) is 5.91 Å². The van der Waals surface area contributed by atoms with Gasteiger partial charge in [0, 0.05) is 18.6 Å². The average molecular weight is 421 g/mol. The summed E-state index contributed by atoms with van der Waals surface area (Å²) in [5.41, 5.74) is 2.43. The summed E-state index contributed by atoms with van der Waals surface area (Å²) in [6, 6.07) is 8.72. The van der Waals surface area contributed by atoms with Gasteiger partial charge in [0.2, 0.25) is 5.91 Å². The molecule has 7 heteroatoms. The monoisotopic (exact) mass is 420 g/mol. The summed E-state index contributed by atoms with van der Waals surface area (Å²) < 4.78 is 18.9. The van der Waals surface area contributed by atoms with Gasteiger partial charge >= 0.3 is 0 Å². The van der Waals surface area contributed by atoms with Crippen LogP contribution < -0.4 is 10.1 Å². The van der Waals surface area contributed by atoms with Crippen molar-refractivity contribution in [3.63, 3.8) is 0 Å². The Morgan fingerprint density at radius 3 is 2.28 bits per heavy atom. The van der Waals surface area contributed by atoms with Gasteiger partial charge in [-0.15, -0.1) is 0 Å². The van der Waals surface area contributed by atoms with Crippen molar-refractivity contribution in [3.05, 3.63) is 63.9 Å². The predicted octanol–water partition coefficient (Wildman–Crippen LogP) is 4.03. The summed E-state index contributed by atoms with van der Waals surface area (Å²) in [6.07, 6.45) is 0.436. The second-order valence-electron chi connectivity index (χ2n) is 6.85. The lowest BCUT2D eigenvalue weighted by molar-refractivity contribution is -0.142. The van der Waals surface area contributed by atoms with Crippen molar-refractivity contribution in [3.8, 4) is 5.75 Å². The van der Waals surface area contributed by atoms with Gasteiger partial charge in [0.05, 0.1) is 0 Å². The van der Waals surface area contributed by atoms with Crippen LogP contribution in [0.15, 0.2) is 36.4 Å². The van der Waals surface area contributed by atoms with E-state index in [0.717, 1.165) is 16.7 Å². The predicted molar refractivity (Wildman–Crippen MR) is 112 cm³/mol. The first-order chi connectivity index (χ1) is 13.8. The van der Waals surface area contributed by atoms with Crippen LogP contribution in [0.3, 0.4) is 0 Å². The second-order valence-corrected chi connectivity index (χ2v) is 7.22. The van der Waals surface area contributed by atoms with Gasteiger partial charge < -0.3 is 15.0 Å². The topological polar surface area (TPSA) is 58.6 Å². The highest BCUT2D eigenvalue weighted by molar-refractivity contribution is 6.32. The van der Waals surface area contributed by atoms with Gasteiger partial charge in [-0.05, 0) is 61.2 Å². The van der Waals surface area contributed by atoms with Crippen LogP contribution in [0.4, 0.5) is 4.39 Å². The Labute approximate surface area is 175 Å². The first-order valence-corrected chi connectivity index (χ1v) is 9.79. The number of hydrogen-bond donors (Lipinski definition) is 1. The lowest BCUT2D eigenvalue weighted by Crippen LogP contribution is -2.49. The standard InChI is InChI=1S/C22H26ClFN2O3/c1-5-19(22(28)25-4)26(12-16-6-8-17(24)9-7-16)20(27)13-29-18-10-14(2)21(23)15(3)11-18/h6-11,19H,5,12-13H2,1-4H3,(H,25,28). The molecule has 0 radical (unpaired) electrons. The lowest BCUT2D eigenvalue weighted by atomic mass is 10.1. The largest absolute Gasteiger partial charge is 0.484 e. The van der Waals surface area contributed by atoms with E-state index >= 15 is 0 Å². The van der Waals surface area contributed by atoms with Crippen LogP contribution in [-0.4, -0.2) is 36.4 Å². The minimum atomic E-state index is -0.658. The zero-order valence-corrected chi connectivity index (χ0v) is 17.8. The molecular formula is C22H26ClFN2O3. The van der Waals surface area contributed by atoms with E-state index in [4.69, 9.17) is 16.3 Å². The highest BCUT2D eigenvalue weighted by atomic mass is 35.5. The number of carbonyl (C=O) groups is 2. The van der Waals surface area contributed by atoms with Gasteiger partial charge in [-0.25, -0.2) is 4.39 Å². The fourth-order valence-corrected chi connectivity index (χ4v) is 3.20.